The molecule has 106 valence electrons. The SMILES string of the molecule is CCCc1cc(C(=O)NCCC(C)(C)C)cc(N)n1. The van der Waals surface area contributed by atoms with Gasteiger partial charge in [-0.15, -0.1) is 0 Å². The standard InChI is InChI=1S/C15H25N3O/c1-5-6-12-9-11(10-13(16)18-12)14(19)17-8-7-15(2,3)4/h9-10H,5-8H2,1-4H3,(H2,16,18)(H,17,19). The number of nitrogens with zero attached hydrogens (tertiary/aromatic N) is 1. The Hall–Kier alpha value is -1.58. The number of anilines is 1. The van der Waals surface area contributed by atoms with Crippen molar-refractivity contribution in [3.05, 3.63) is 23.4 Å². The van der Waals surface area contributed by atoms with E-state index in [0.29, 0.717) is 17.9 Å². The molecule has 1 heterocycles. The summed E-state index contributed by atoms with van der Waals surface area (Å²) in [6, 6.07) is 3.46. The van der Waals surface area contributed by atoms with Crippen molar-refractivity contribution in [2.24, 2.45) is 5.41 Å². The molecule has 0 spiro atoms. The van der Waals surface area contributed by atoms with Gasteiger partial charge >= 0.3 is 0 Å². The van der Waals surface area contributed by atoms with Gasteiger partial charge in [0.1, 0.15) is 5.82 Å². The monoisotopic (exact) mass is 263 g/mol. The van der Waals surface area contributed by atoms with E-state index in [1.54, 1.807) is 6.07 Å². The van der Waals surface area contributed by atoms with Crippen LogP contribution in [0, 0.1) is 5.41 Å². The van der Waals surface area contributed by atoms with Crippen LogP contribution in [0.3, 0.4) is 0 Å². The number of pyridine rings is 1. The Labute approximate surface area is 115 Å². The predicted molar refractivity (Wildman–Crippen MR) is 79.0 cm³/mol. The Morgan fingerprint density at radius 1 is 1.37 bits per heavy atom. The molecule has 0 atom stereocenters. The second-order valence-electron chi connectivity index (χ2n) is 6.09. The van der Waals surface area contributed by atoms with Crippen molar-refractivity contribution in [2.75, 3.05) is 12.3 Å². The van der Waals surface area contributed by atoms with Gasteiger partial charge in [-0.1, -0.05) is 34.1 Å². The van der Waals surface area contributed by atoms with Gasteiger partial charge in [0.25, 0.3) is 5.91 Å². The zero-order chi connectivity index (χ0) is 14.5. The van der Waals surface area contributed by atoms with Crippen LogP contribution in [-0.2, 0) is 6.42 Å². The number of amides is 1. The number of aryl methyl sites for hydroxylation is 1. The lowest BCUT2D eigenvalue weighted by atomic mass is 9.92. The van der Waals surface area contributed by atoms with Crippen molar-refractivity contribution < 1.29 is 4.79 Å². The Morgan fingerprint density at radius 3 is 2.63 bits per heavy atom. The molecule has 1 rings (SSSR count). The summed E-state index contributed by atoms with van der Waals surface area (Å²) in [5.41, 5.74) is 7.43. The Kier molecular flexibility index (Phi) is 5.33. The van der Waals surface area contributed by atoms with Crippen LogP contribution < -0.4 is 11.1 Å². The van der Waals surface area contributed by atoms with E-state index in [-0.39, 0.29) is 11.3 Å². The molecule has 0 aliphatic rings. The molecular formula is C15H25N3O. The summed E-state index contributed by atoms with van der Waals surface area (Å²) < 4.78 is 0. The first-order chi connectivity index (χ1) is 8.81. The average molecular weight is 263 g/mol. The molecule has 0 aliphatic heterocycles. The summed E-state index contributed by atoms with van der Waals surface area (Å²) in [4.78, 5) is 16.3. The second-order valence-corrected chi connectivity index (χ2v) is 6.09. The fraction of sp³-hybridized carbons (Fsp3) is 0.600. The van der Waals surface area contributed by atoms with Crippen molar-refractivity contribution in [3.63, 3.8) is 0 Å². The summed E-state index contributed by atoms with van der Waals surface area (Å²) in [5.74, 6) is 0.336. The largest absolute Gasteiger partial charge is 0.384 e. The molecular weight excluding hydrogens is 238 g/mol. The van der Waals surface area contributed by atoms with Crippen LogP contribution in [0.1, 0.15) is 56.6 Å². The maximum Gasteiger partial charge on any atom is 0.251 e. The van der Waals surface area contributed by atoms with Gasteiger partial charge in [-0.05, 0) is 30.4 Å². The lowest BCUT2D eigenvalue weighted by Crippen LogP contribution is -2.27. The average Bonchev–Trinajstić information content (AvgIpc) is 2.26. The van der Waals surface area contributed by atoms with E-state index in [2.05, 4.69) is 38.0 Å². The molecule has 1 aromatic heterocycles. The molecule has 0 aliphatic carbocycles. The van der Waals surface area contributed by atoms with Crippen molar-refractivity contribution in [2.45, 2.75) is 47.0 Å². The number of nitrogens with one attached hydrogen (secondary N) is 1. The van der Waals surface area contributed by atoms with Crippen molar-refractivity contribution >= 4 is 11.7 Å². The molecule has 0 saturated heterocycles. The summed E-state index contributed by atoms with van der Waals surface area (Å²) in [5, 5.41) is 2.93. The Morgan fingerprint density at radius 2 is 2.05 bits per heavy atom. The molecule has 0 radical (unpaired) electrons. The Bertz CT molecular complexity index is 436. The van der Waals surface area contributed by atoms with Crippen LogP contribution in [-0.4, -0.2) is 17.4 Å². The zero-order valence-electron chi connectivity index (χ0n) is 12.4. The van der Waals surface area contributed by atoms with Gasteiger partial charge in [0.15, 0.2) is 0 Å². The van der Waals surface area contributed by atoms with E-state index < -0.39 is 0 Å². The molecule has 1 aromatic rings. The lowest BCUT2D eigenvalue weighted by Gasteiger charge is -2.18. The minimum atomic E-state index is -0.0734. The van der Waals surface area contributed by atoms with Crippen LogP contribution in [0.25, 0.3) is 0 Å². The van der Waals surface area contributed by atoms with E-state index >= 15 is 0 Å². The van der Waals surface area contributed by atoms with E-state index in [1.807, 2.05) is 6.07 Å². The van der Waals surface area contributed by atoms with Gasteiger partial charge in [-0.3, -0.25) is 4.79 Å². The first-order valence-electron chi connectivity index (χ1n) is 6.86. The molecule has 0 fully saturated rings. The first-order valence-corrected chi connectivity index (χ1v) is 6.86. The molecule has 19 heavy (non-hydrogen) atoms. The third-order valence-corrected chi connectivity index (χ3v) is 2.83. The highest BCUT2D eigenvalue weighted by Crippen LogP contribution is 2.17. The molecule has 0 bridgehead atoms. The molecule has 4 heteroatoms. The van der Waals surface area contributed by atoms with Gasteiger partial charge < -0.3 is 11.1 Å². The highest BCUT2D eigenvalue weighted by molar-refractivity contribution is 5.94. The number of hydrogen-bond donors (Lipinski definition) is 2. The molecule has 4 nitrogen and oxygen atoms in total. The number of rotatable bonds is 5. The summed E-state index contributed by atoms with van der Waals surface area (Å²) in [6.07, 6.45) is 2.77. The normalized spacial score (nSPS) is 11.4. The third-order valence-electron chi connectivity index (χ3n) is 2.83. The number of aromatic nitrogens is 1. The van der Waals surface area contributed by atoms with Gasteiger partial charge in [0.05, 0.1) is 0 Å². The smallest absolute Gasteiger partial charge is 0.251 e. The third kappa shape index (κ3) is 5.73. The van der Waals surface area contributed by atoms with Gasteiger partial charge in [-0.2, -0.15) is 0 Å². The van der Waals surface area contributed by atoms with E-state index in [0.717, 1.165) is 25.0 Å². The van der Waals surface area contributed by atoms with Crippen molar-refractivity contribution in [3.8, 4) is 0 Å². The molecule has 3 N–H and O–H groups in total. The highest BCUT2D eigenvalue weighted by Gasteiger charge is 2.12. The molecule has 1 amide bonds. The number of nitrogens with two attached hydrogens (primary N) is 1. The number of nitrogen functional groups attached to an aromatic ring is 1. The maximum atomic E-state index is 12.0. The molecule has 0 unspecified atom stereocenters. The lowest BCUT2D eigenvalue weighted by molar-refractivity contribution is 0.0949. The van der Waals surface area contributed by atoms with Crippen LogP contribution in [0.15, 0.2) is 12.1 Å². The fourth-order valence-corrected chi connectivity index (χ4v) is 1.78. The van der Waals surface area contributed by atoms with Gasteiger partial charge in [0, 0.05) is 17.8 Å². The number of carbonyl (C=O) groups excluding carboxylic acids is 1. The van der Waals surface area contributed by atoms with E-state index in [1.165, 1.54) is 0 Å². The van der Waals surface area contributed by atoms with Crippen LogP contribution in [0.2, 0.25) is 0 Å². The van der Waals surface area contributed by atoms with Crippen LogP contribution in [0.4, 0.5) is 5.82 Å². The number of hydrogen-bond acceptors (Lipinski definition) is 3. The van der Waals surface area contributed by atoms with Gasteiger partial charge in [-0.25, -0.2) is 4.98 Å². The topological polar surface area (TPSA) is 68.0 Å². The first kappa shape index (κ1) is 15.5. The number of carbonyl (C=O) groups is 1. The predicted octanol–water partition coefficient (Wildman–Crippen LogP) is 2.78. The summed E-state index contributed by atoms with van der Waals surface area (Å²) in [6.45, 7) is 9.22. The maximum absolute atomic E-state index is 12.0. The zero-order valence-corrected chi connectivity index (χ0v) is 12.4. The van der Waals surface area contributed by atoms with Gasteiger partial charge in [0.2, 0.25) is 0 Å². The van der Waals surface area contributed by atoms with Crippen molar-refractivity contribution in [1.82, 2.24) is 10.3 Å². The minimum Gasteiger partial charge on any atom is -0.384 e. The molecule has 0 aromatic carbocycles. The van der Waals surface area contributed by atoms with Crippen LogP contribution in [0.5, 0.6) is 0 Å². The molecule has 0 saturated carbocycles. The minimum absolute atomic E-state index is 0.0734. The van der Waals surface area contributed by atoms with E-state index in [9.17, 15) is 4.79 Å². The van der Waals surface area contributed by atoms with E-state index in [4.69, 9.17) is 5.73 Å². The van der Waals surface area contributed by atoms with Crippen LogP contribution >= 0.6 is 0 Å². The fourth-order valence-electron chi connectivity index (χ4n) is 1.78. The van der Waals surface area contributed by atoms with Crippen molar-refractivity contribution in [1.29, 1.82) is 0 Å². The summed E-state index contributed by atoms with van der Waals surface area (Å²) >= 11 is 0. The summed E-state index contributed by atoms with van der Waals surface area (Å²) in [7, 11) is 0. The quantitative estimate of drug-likeness (QED) is 0.858. The Balaban J connectivity index is 2.66. The highest BCUT2D eigenvalue weighted by atomic mass is 16.1. The second kappa shape index (κ2) is 6.55.